The number of aliphatic hydroxyl groups excluding tert-OH is 1. The molecule has 0 spiro atoms. The Kier molecular flexibility index (Phi) is 3.27. The van der Waals surface area contributed by atoms with Crippen LogP contribution in [0.25, 0.3) is 0 Å². The van der Waals surface area contributed by atoms with Gasteiger partial charge in [-0.3, -0.25) is 0 Å². The second-order valence-corrected chi connectivity index (χ2v) is 5.87. The number of aliphatic hydroxyl groups is 1. The van der Waals surface area contributed by atoms with E-state index in [9.17, 15) is 0 Å². The van der Waals surface area contributed by atoms with Crippen molar-refractivity contribution < 1.29 is 5.11 Å². The molecule has 1 saturated heterocycles. The van der Waals surface area contributed by atoms with Crippen LogP contribution in [-0.4, -0.2) is 17.2 Å². The zero-order chi connectivity index (χ0) is 11.8. The van der Waals surface area contributed by atoms with E-state index in [0.29, 0.717) is 0 Å². The lowest BCUT2D eigenvalue weighted by atomic mass is 10.0. The molecule has 1 heterocycles. The van der Waals surface area contributed by atoms with Crippen molar-refractivity contribution in [3.8, 4) is 0 Å². The quantitative estimate of drug-likeness (QED) is 0.900. The molecule has 0 aliphatic carbocycles. The number of halogens is 1. The predicted octanol–water partition coefficient (Wildman–Crippen LogP) is 3.32. The minimum Gasteiger partial charge on any atom is -0.392 e. The molecule has 0 unspecified atom stereocenters. The molecule has 0 bridgehead atoms. The molecule has 2 rings (SSSR count). The van der Waals surface area contributed by atoms with E-state index in [1.54, 1.807) is 0 Å². The first-order chi connectivity index (χ1) is 7.54. The summed E-state index contributed by atoms with van der Waals surface area (Å²) in [6, 6.07) is 6.10. The number of rotatable bonds is 2. The monoisotopic (exact) mass is 283 g/mol. The fraction of sp³-hybridized carbons (Fsp3) is 0.538. The van der Waals surface area contributed by atoms with E-state index in [1.165, 1.54) is 18.5 Å². The summed E-state index contributed by atoms with van der Waals surface area (Å²) in [6.45, 7) is 5.78. The van der Waals surface area contributed by atoms with Crippen molar-refractivity contribution in [1.82, 2.24) is 0 Å². The van der Waals surface area contributed by atoms with Gasteiger partial charge in [0.15, 0.2) is 0 Å². The van der Waals surface area contributed by atoms with E-state index in [1.807, 2.05) is 12.1 Å². The summed E-state index contributed by atoms with van der Waals surface area (Å²) < 4.78 is 1.08. The summed E-state index contributed by atoms with van der Waals surface area (Å²) in [5.41, 5.74) is 2.43. The molecule has 88 valence electrons. The molecule has 0 atom stereocenters. The van der Waals surface area contributed by atoms with Crippen molar-refractivity contribution in [2.24, 2.45) is 0 Å². The van der Waals surface area contributed by atoms with Crippen LogP contribution in [0.3, 0.4) is 0 Å². The average molecular weight is 284 g/mol. The van der Waals surface area contributed by atoms with Crippen molar-refractivity contribution in [3.63, 3.8) is 0 Å². The minimum absolute atomic E-state index is 0.0995. The van der Waals surface area contributed by atoms with Gasteiger partial charge in [-0.25, -0.2) is 0 Å². The third-order valence-corrected chi connectivity index (χ3v) is 4.02. The number of anilines is 1. The van der Waals surface area contributed by atoms with E-state index in [-0.39, 0.29) is 12.1 Å². The lowest BCUT2D eigenvalue weighted by molar-refractivity contribution is 0.282. The Balaban J connectivity index is 2.34. The van der Waals surface area contributed by atoms with Crippen LogP contribution in [0.5, 0.6) is 0 Å². The third kappa shape index (κ3) is 2.11. The van der Waals surface area contributed by atoms with Crippen LogP contribution in [0.1, 0.15) is 32.3 Å². The molecule has 3 heteroatoms. The summed E-state index contributed by atoms with van der Waals surface area (Å²) in [4.78, 5) is 2.44. The summed E-state index contributed by atoms with van der Waals surface area (Å²) in [7, 11) is 0. The van der Waals surface area contributed by atoms with Crippen LogP contribution in [-0.2, 0) is 6.61 Å². The molecule has 1 aromatic rings. The maximum Gasteiger partial charge on any atom is 0.0682 e. The van der Waals surface area contributed by atoms with Gasteiger partial charge in [-0.05, 0) is 60.3 Å². The maximum absolute atomic E-state index is 9.09. The Morgan fingerprint density at radius 1 is 1.44 bits per heavy atom. The molecule has 16 heavy (non-hydrogen) atoms. The number of hydrogen-bond acceptors (Lipinski definition) is 2. The predicted molar refractivity (Wildman–Crippen MR) is 70.7 cm³/mol. The van der Waals surface area contributed by atoms with Crippen LogP contribution < -0.4 is 4.90 Å². The molecule has 0 amide bonds. The molecule has 1 aliphatic heterocycles. The normalized spacial score (nSPS) is 19.1. The Morgan fingerprint density at radius 2 is 2.19 bits per heavy atom. The number of nitrogens with zero attached hydrogens (tertiary/aromatic N) is 1. The molecule has 1 N–H and O–H groups in total. The minimum atomic E-state index is 0.0995. The van der Waals surface area contributed by atoms with Gasteiger partial charge in [-0.1, -0.05) is 6.07 Å². The molecular formula is C13H18BrNO. The standard InChI is InChI=1S/C13H18BrNO/c1-13(2)6-3-7-15(13)12-5-4-10(9-16)8-11(12)14/h4-5,8,16H,3,6-7,9H2,1-2H3. The van der Waals surface area contributed by atoms with Crippen molar-refractivity contribution in [2.75, 3.05) is 11.4 Å². The highest BCUT2D eigenvalue weighted by Gasteiger charge is 2.32. The molecular weight excluding hydrogens is 266 g/mol. The van der Waals surface area contributed by atoms with Gasteiger partial charge < -0.3 is 10.0 Å². The molecule has 1 aliphatic rings. The zero-order valence-electron chi connectivity index (χ0n) is 9.83. The molecule has 1 fully saturated rings. The van der Waals surface area contributed by atoms with Gasteiger partial charge in [0, 0.05) is 16.6 Å². The van der Waals surface area contributed by atoms with Crippen LogP contribution in [0.2, 0.25) is 0 Å². The first kappa shape index (κ1) is 11.9. The number of benzene rings is 1. The van der Waals surface area contributed by atoms with Gasteiger partial charge >= 0.3 is 0 Å². The highest BCUT2D eigenvalue weighted by molar-refractivity contribution is 9.10. The van der Waals surface area contributed by atoms with Crippen LogP contribution in [0, 0.1) is 0 Å². The first-order valence-corrected chi connectivity index (χ1v) is 6.51. The second-order valence-electron chi connectivity index (χ2n) is 5.01. The van der Waals surface area contributed by atoms with E-state index in [4.69, 9.17) is 5.11 Å². The van der Waals surface area contributed by atoms with Gasteiger partial charge in [0.1, 0.15) is 0 Å². The molecule has 2 nitrogen and oxygen atoms in total. The Morgan fingerprint density at radius 3 is 2.69 bits per heavy atom. The van der Waals surface area contributed by atoms with E-state index in [2.05, 4.69) is 40.7 Å². The SMILES string of the molecule is CC1(C)CCCN1c1ccc(CO)cc1Br. The Bertz CT molecular complexity index is 390. The molecule has 0 aromatic heterocycles. The zero-order valence-corrected chi connectivity index (χ0v) is 11.4. The average Bonchev–Trinajstić information content (AvgIpc) is 2.58. The Hall–Kier alpha value is -0.540. The molecule has 0 radical (unpaired) electrons. The van der Waals surface area contributed by atoms with E-state index < -0.39 is 0 Å². The van der Waals surface area contributed by atoms with Crippen LogP contribution in [0.15, 0.2) is 22.7 Å². The maximum atomic E-state index is 9.09. The van der Waals surface area contributed by atoms with Crippen molar-refractivity contribution >= 4 is 21.6 Å². The second kappa shape index (κ2) is 4.38. The fourth-order valence-corrected chi connectivity index (χ4v) is 3.06. The summed E-state index contributed by atoms with van der Waals surface area (Å²) in [6.07, 6.45) is 2.49. The lowest BCUT2D eigenvalue weighted by Crippen LogP contribution is -2.38. The van der Waals surface area contributed by atoms with Gasteiger partial charge in [0.2, 0.25) is 0 Å². The van der Waals surface area contributed by atoms with Crippen LogP contribution in [0.4, 0.5) is 5.69 Å². The van der Waals surface area contributed by atoms with Crippen LogP contribution >= 0.6 is 15.9 Å². The van der Waals surface area contributed by atoms with Crippen molar-refractivity contribution in [3.05, 3.63) is 28.2 Å². The summed E-state index contributed by atoms with van der Waals surface area (Å²) >= 11 is 3.60. The van der Waals surface area contributed by atoms with Crippen molar-refractivity contribution in [1.29, 1.82) is 0 Å². The topological polar surface area (TPSA) is 23.5 Å². The van der Waals surface area contributed by atoms with Gasteiger partial charge in [-0.2, -0.15) is 0 Å². The Labute approximate surface area is 105 Å². The summed E-state index contributed by atoms with van der Waals surface area (Å²) in [5, 5.41) is 9.09. The largest absolute Gasteiger partial charge is 0.392 e. The van der Waals surface area contributed by atoms with Gasteiger partial charge in [0.05, 0.1) is 12.3 Å². The molecule has 1 aromatic carbocycles. The molecule has 0 saturated carbocycles. The highest BCUT2D eigenvalue weighted by Crippen LogP contribution is 2.37. The third-order valence-electron chi connectivity index (χ3n) is 3.39. The summed E-state index contributed by atoms with van der Waals surface area (Å²) in [5.74, 6) is 0. The van der Waals surface area contributed by atoms with Crippen molar-refractivity contribution in [2.45, 2.75) is 38.8 Å². The van der Waals surface area contributed by atoms with Gasteiger partial charge in [0.25, 0.3) is 0 Å². The smallest absolute Gasteiger partial charge is 0.0682 e. The van der Waals surface area contributed by atoms with E-state index >= 15 is 0 Å². The fourth-order valence-electron chi connectivity index (χ4n) is 2.42. The van der Waals surface area contributed by atoms with E-state index in [0.717, 1.165) is 16.6 Å². The number of hydrogen-bond donors (Lipinski definition) is 1. The lowest BCUT2D eigenvalue weighted by Gasteiger charge is -2.34. The first-order valence-electron chi connectivity index (χ1n) is 5.71. The highest BCUT2D eigenvalue weighted by atomic mass is 79.9. The van der Waals surface area contributed by atoms with Gasteiger partial charge in [-0.15, -0.1) is 0 Å².